The van der Waals surface area contributed by atoms with Gasteiger partial charge in [0.15, 0.2) is 17.7 Å². The number of carbonyl (C=O) groups is 1. The summed E-state index contributed by atoms with van der Waals surface area (Å²) in [5.74, 6) is 0. The van der Waals surface area contributed by atoms with Crippen LogP contribution in [0.15, 0.2) is 34.1 Å². The summed E-state index contributed by atoms with van der Waals surface area (Å²) in [4.78, 5) is 24.6. The third-order valence-electron chi connectivity index (χ3n) is 1.66. The third-order valence-corrected chi connectivity index (χ3v) is 2.15. The lowest BCUT2D eigenvalue weighted by Crippen LogP contribution is -2.14. The fourth-order valence-electron chi connectivity index (χ4n) is 1.06. The Hall–Kier alpha value is -1.23. The quantitative estimate of drug-likeness (QED) is 0.462. The number of rotatable bonds is 5. The first-order chi connectivity index (χ1) is 6.76. The zero-order valence-corrected chi connectivity index (χ0v) is 8.81. The molecule has 0 heterocycles. The van der Waals surface area contributed by atoms with Crippen LogP contribution in [0.5, 0.6) is 0 Å². The number of halogens is 1. The Morgan fingerprint density at radius 2 is 2.36 bits per heavy atom. The molecule has 1 aromatic rings. The lowest BCUT2D eigenvalue weighted by molar-refractivity contribution is -0.118. The van der Waals surface area contributed by atoms with Crippen molar-refractivity contribution in [2.45, 2.75) is 12.5 Å². The van der Waals surface area contributed by atoms with Crippen LogP contribution in [0.2, 0.25) is 0 Å². The molecule has 1 atom stereocenters. The van der Waals surface area contributed by atoms with Crippen molar-refractivity contribution < 1.29 is 9.63 Å². The van der Waals surface area contributed by atoms with Crippen molar-refractivity contribution in [2.75, 3.05) is 0 Å². The first-order valence-corrected chi connectivity index (χ1v) is 4.74. The average molecular weight is 258 g/mol. The minimum absolute atomic E-state index is 0.342. The number of nitrogens with zero attached hydrogens (tertiary/aromatic N) is 1. The fraction of sp³-hybridized carbons (Fsp3) is 0.222. The summed E-state index contributed by atoms with van der Waals surface area (Å²) in [6.07, 6.45) is 0.0959. The highest BCUT2D eigenvalue weighted by Gasteiger charge is 2.09. The van der Waals surface area contributed by atoms with Crippen LogP contribution in [0.3, 0.4) is 0 Å². The second-order valence-electron chi connectivity index (χ2n) is 2.69. The van der Waals surface area contributed by atoms with Crippen LogP contribution in [-0.4, -0.2) is 12.4 Å². The molecule has 0 aromatic heterocycles. The normalized spacial score (nSPS) is 11.8. The molecule has 1 unspecified atom stereocenters. The van der Waals surface area contributed by atoms with E-state index in [1.54, 1.807) is 0 Å². The molecular weight excluding hydrogens is 250 g/mol. The highest BCUT2D eigenvalue weighted by Crippen LogP contribution is 2.13. The van der Waals surface area contributed by atoms with Crippen molar-refractivity contribution in [1.29, 1.82) is 0 Å². The molecule has 0 radical (unpaired) electrons. The van der Waals surface area contributed by atoms with Crippen LogP contribution < -0.4 is 0 Å². The molecule has 0 N–H and O–H groups in total. The Labute approximate surface area is 89.3 Å². The smallest absolute Gasteiger partial charge is 0.189 e. The van der Waals surface area contributed by atoms with Crippen LogP contribution in [0.1, 0.15) is 5.56 Å². The van der Waals surface area contributed by atoms with Gasteiger partial charge in [0.05, 0.1) is 0 Å². The molecule has 0 aliphatic heterocycles. The maximum Gasteiger partial charge on any atom is 0.189 e. The molecule has 1 rings (SSSR count). The summed E-state index contributed by atoms with van der Waals surface area (Å²) in [6, 6.07) is 7.41. The van der Waals surface area contributed by atoms with E-state index in [9.17, 15) is 9.70 Å². The second kappa shape index (κ2) is 5.49. The van der Waals surface area contributed by atoms with Gasteiger partial charge in [-0.1, -0.05) is 28.1 Å². The first kappa shape index (κ1) is 10.8. The van der Waals surface area contributed by atoms with Gasteiger partial charge in [0, 0.05) is 10.9 Å². The lowest BCUT2D eigenvalue weighted by atomic mass is 10.1. The summed E-state index contributed by atoms with van der Waals surface area (Å²) < 4.78 is 0.915. The molecule has 0 saturated carbocycles. The van der Waals surface area contributed by atoms with E-state index >= 15 is 0 Å². The van der Waals surface area contributed by atoms with Crippen molar-refractivity contribution in [3.05, 3.63) is 39.2 Å². The van der Waals surface area contributed by atoms with Gasteiger partial charge < -0.3 is 4.84 Å². The summed E-state index contributed by atoms with van der Waals surface area (Å²) in [5, 5.41) is 2.23. The van der Waals surface area contributed by atoms with E-state index in [0.717, 1.165) is 10.0 Å². The molecule has 0 fully saturated rings. The van der Waals surface area contributed by atoms with Crippen LogP contribution in [0.25, 0.3) is 0 Å². The van der Waals surface area contributed by atoms with Crippen molar-refractivity contribution >= 4 is 22.2 Å². The monoisotopic (exact) mass is 257 g/mol. The largest absolute Gasteiger partial charge is 0.353 e. The molecule has 74 valence electrons. The molecule has 0 aliphatic carbocycles. The zero-order valence-electron chi connectivity index (χ0n) is 7.22. The Morgan fingerprint density at radius 3 is 2.93 bits per heavy atom. The molecule has 4 nitrogen and oxygen atoms in total. The molecule has 1 aromatic carbocycles. The summed E-state index contributed by atoms with van der Waals surface area (Å²) in [6.45, 7) is 0. The maximum atomic E-state index is 10.4. The van der Waals surface area contributed by atoms with Gasteiger partial charge in [0.1, 0.15) is 0 Å². The van der Waals surface area contributed by atoms with Gasteiger partial charge in [-0.3, -0.25) is 4.79 Å². The second-order valence-corrected chi connectivity index (χ2v) is 3.60. The number of aldehydes is 1. The Kier molecular flexibility index (Phi) is 4.25. The fourth-order valence-corrected chi connectivity index (χ4v) is 1.51. The molecule has 0 saturated heterocycles. The first-order valence-electron chi connectivity index (χ1n) is 3.94. The Bertz CT molecular complexity index is 330. The molecule has 0 amide bonds. The molecule has 0 spiro atoms. The highest BCUT2D eigenvalue weighted by molar-refractivity contribution is 9.10. The number of benzene rings is 1. The van der Waals surface area contributed by atoms with Gasteiger partial charge in [0.2, 0.25) is 0 Å². The van der Waals surface area contributed by atoms with E-state index in [1.165, 1.54) is 0 Å². The Balaban J connectivity index is 2.66. The van der Waals surface area contributed by atoms with Crippen LogP contribution in [0.4, 0.5) is 0 Å². The van der Waals surface area contributed by atoms with E-state index in [0.29, 0.717) is 12.7 Å². The summed E-state index contributed by atoms with van der Waals surface area (Å²) >= 11 is 3.30. The van der Waals surface area contributed by atoms with Crippen LogP contribution in [-0.2, 0) is 16.1 Å². The van der Waals surface area contributed by atoms with Crippen molar-refractivity contribution in [1.82, 2.24) is 0 Å². The van der Waals surface area contributed by atoms with Crippen LogP contribution in [0, 0.1) is 4.91 Å². The predicted octanol–water partition coefficient (Wildman–Crippen LogP) is 2.26. The van der Waals surface area contributed by atoms with Crippen LogP contribution >= 0.6 is 15.9 Å². The van der Waals surface area contributed by atoms with Crippen molar-refractivity contribution in [3.8, 4) is 0 Å². The van der Waals surface area contributed by atoms with Gasteiger partial charge in [-0.05, 0) is 17.7 Å². The van der Waals surface area contributed by atoms with E-state index in [2.05, 4.69) is 26.1 Å². The topological polar surface area (TPSA) is 55.7 Å². The minimum Gasteiger partial charge on any atom is -0.353 e. The molecule has 14 heavy (non-hydrogen) atoms. The van der Waals surface area contributed by atoms with Gasteiger partial charge in [0.25, 0.3) is 0 Å². The van der Waals surface area contributed by atoms with Gasteiger partial charge in [-0.25, -0.2) is 0 Å². The van der Waals surface area contributed by atoms with Gasteiger partial charge in [-0.2, -0.15) is 0 Å². The van der Waals surface area contributed by atoms with Gasteiger partial charge in [-0.15, -0.1) is 4.91 Å². The SMILES string of the molecule is O=CC(Cc1cccc(Br)c1)ON=O. The lowest BCUT2D eigenvalue weighted by Gasteiger charge is -2.05. The standard InChI is InChI=1S/C9H8BrNO3/c10-8-3-1-2-7(4-8)5-9(6-12)14-11-13/h1-4,6,9H,5H2. The van der Waals surface area contributed by atoms with E-state index in [-0.39, 0.29) is 0 Å². The molecule has 0 bridgehead atoms. The highest BCUT2D eigenvalue weighted by atomic mass is 79.9. The number of carbonyl (C=O) groups excluding carboxylic acids is 1. The van der Waals surface area contributed by atoms with Crippen molar-refractivity contribution in [3.63, 3.8) is 0 Å². The number of hydrogen-bond acceptors (Lipinski definition) is 4. The van der Waals surface area contributed by atoms with E-state index in [1.807, 2.05) is 24.3 Å². The summed E-state index contributed by atoms with van der Waals surface area (Å²) in [7, 11) is 0. The predicted molar refractivity (Wildman–Crippen MR) is 54.6 cm³/mol. The molecule has 0 aliphatic rings. The average Bonchev–Trinajstić information content (AvgIpc) is 2.17. The van der Waals surface area contributed by atoms with Crippen molar-refractivity contribution in [2.24, 2.45) is 5.34 Å². The molecular formula is C9H8BrNO3. The van der Waals surface area contributed by atoms with E-state index < -0.39 is 6.10 Å². The third kappa shape index (κ3) is 3.26. The number of hydrogen-bond donors (Lipinski definition) is 0. The Morgan fingerprint density at radius 1 is 1.57 bits per heavy atom. The zero-order chi connectivity index (χ0) is 10.4. The maximum absolute atomic E-state index is 10.4. The minimum atomic E-state index is -0.804. The van der Waals surface area contributed by atoms with E-state index in [4.69, 9.17) is 0 Å². The molecule has 5 heteroatoms. The van der Waals surface area contributed by atoms with Gasteiger partial charge >= 0.3 is 0 Å². The summed E-state index contributed by atoms with van der Waals surface area (Å²) in [5.41, 5.74) is 0.903.